The van der Waals surface area contributed by atoms with Crippen molar-refractivity contribution in [1.82, 2.24) is 15.2 Å². The summed E-state index contributed by atoms with van der Waals surface area (Å²) in [7, 11) is 1.93. The van der Waals surface area contributed by atoms with Crippen LogP contribution >= 0.6 is 11.3 Å². The summed E-state index contributed by atoms with van der Waals surface area (Å²) in [6.45, 7) is 5.96. The van der Waals surface area contributed by atoms with E-state index in [1.54, 1.807) is 11.3 Å². The highest BCUT2D eigenvalue weighted by atomic mass is 32.1. The molecule has 0 unspecified atom stereocenters. The fourth-order valence-corrected chi connectivity index (χ4v) is 4.73. The summed E-state index contributed by atoms with van der Waals surface area (Å²) in [6, 6.07) is 12.1. The fourth-order valence-electron chi connectivity index (χ4n) is 3.68. The Morgan fingerprint density at radius 3 is 3.00 bits per heavy atom. The molecule has 1 atom stereocenters. The number of nitrogens with one attached hydrogen (secondary N) is 1. The van der Waals surface area contributed by atoms with Gasteiger partial charge in [-0.1, -0.05) is 12.1 Å². The van der Waals surface area contributed by atoms with Gasteiger partial charge in [-0.25, -0.2) is 4.98 Å². The molecule has 1 aromatic heterocycles. The number of fused-ring (bicyclic) bond motifs is 2. The van der Waals surface area contributed by atoms with Crippen LogP contribution in [0.2, 0.25) is 0 Å². The average molecular weight is 426 g/mol. The molecule has 30 heavy (non-hydrogen) atoms. The highest BCUT2D eigenvalue weighted by Crippen LogP contribution is 2.35. The lowest BCUT2D eigenvalue weighted by molar-refractivity contribution is -0.122. The maximum atomic E-state index is 12.5. The van der Waals surface area contributed by atoms with Crippen LogP contribution in [0.15, 0.2) is 36.4 Å². The molecule has 0 saturated carbocycles. The molecule has 7 heteroatoms. The van der Waals surface area contributed by atoms with Crippen molar-refractivity contribution in [2.24, 2.45) is 0 Å². The fraction of sp³-hybridized carbons (Fsp3) is 0.391. The standard InChI is InChI=1S/C23H27N3O3S/c1-4-28-19-10-16-9-15(2)29-20(16)11-17(19)12-24-22(27)13-26(3)14-23-25-18-7-5-6-8-21(18)30-23/h5-8,10-11,15H,4,9,12-14H2,1-3H3,(H,24,27)/t15-/m1/s1. The molecule has 1 N–H and O–H groups in total. The molecule has 0 fully saturated rings. The summed E-state index contributed by atoms with van der Waals surface area (Å²) in [5.74, 6) is 1.68. The Bertz CT molecular complexity index is 1020. The van der Waals surface area contributed by atoms with E-state index in [1.165, 1.54) is 4.70 Å². The first-order chi connectivity index (χ1) is 14.5. The van der Waals surface area contributed by atoms with Crippen LogP contribution in [0.4, 0.5) is 0 Å². The lowest BCUT2D eigenvalue weighted by Crippen LogP contribution is -2.34. The van der Waals surface area contributed by atoms with Crippen LogP contribution in [0.5, 0.6) is 11.5 Å². The molecule has 0 bridgehead atoms. The second kappa shape index (κ2) is 9.02. The molecule has 2 aromatic carbocycles. The van der Waals surface area contributed by atoms with Crippen molar-refractivity contribution >= 4 is 27.5 Å². The Hall–Kier alpha value is -2.64. The van der Waals surface area contributed by atoms with E-state index in [4.69, 9.17) is 9.47 Å². The van der Waals surface area contributed by atoms with E-state index in [0.29, 0.717) is 26.2 Å². The third-order valence-corrected chi connectivity index (χ3v) is 6.03. The van der Waals surface area contributed by atoms with Crippen LogP contribution in [0.3, 0.4) is 0 Å². The molecule has 3 aromatic rings. The van der Waals surface area contributed by atoms with E-state index in [2.05, 4.69) is 23.3 Å². The number of nitrogens with zero attached hydrogens (tertiary/aromatic N) is 2. The van der Waals surface area contributed by atoms with E-state index < -0.39 is 0 Å². The summed E-state index contributed by atoms with van der Waals surface area (Å²) < 4.78 is 12.8. The number of thiazole rings is 1. The number of amides is 1. The SMILES string of the molecule is CCOc1cc2c(cc1CNC(=O)CN(C)Cc1nc3ccccc3s1)O[C@H](C)C2. The van der Waals surface area contributed by atoms with Crippen molar-refractivity contribution in [2.75, 3.05) is 20.2 Å². The third kappa shape index (κ3) is 4.74. The van der Waals surface area contributed by atoms with Gasteiger partial charge in [0, 0.05) is 24.1 Å². The molecule has 0 radical (unpaired) electrons. The van der Waals surface area contributed by atoms with Crippen molar-refractivity contribution in [3.8, 4) is 11.5 Å². The van der Waals surface area contributed by atoms with Gasteiger partial charge in [-0.15, -0.1) is 11.3 Å². The highest BCUT2D eigenvalue weighted by Gasteiger charge is 2.22. The Morgan fingerprint density at radius 2 is 2.20 bits per heavy atom. The van der Waals surface area contributed by atoms with Gasteiger partial charge in [0.05, 0.1) is 29.9 Å². The van der Waals surface area contributed by atoms with Crippen LogP contribution in [0.25, 0.3) is 10.2 Å². The molecule has 1 aliphatic rings. The molecule has 0 aliphatic carbocycles. The molecule has 4 rings (SSSR count). The Labute approximate surface area is 180 Å². The highest BCUT2D eigenvalue weighted by molar-refractivity contribution is 7.18. The summed E-state index contributed by atoms with van der Waals surface area (Å²) in [4.78, 5) is 19.1. The van der Waals surface area contributed by atoms with Gasteiger partial charge in [0.1, 0.15) is 22.6 Å². The lowest BCUT2D eigenvalue weighted by Gasteiger charge is -2.16. The van der Waals surface area contributed by atoms with Gasteiger partial charge in [0.2, 0.25) is 5.91 Å². The van der Waals surface area contributed by atoms with Crippen molar-refractivity contribution in [2.45, 2.75) is 39.5 Å². The third-order valence-electron chi connectivity index (χ3n) is 5.01. The van der Waals surface area contributed by atoms with Crippen molar-refractivity contribution < 1.29 is 14.3 Å². The zero-order chi connectivity index (χ0) is 21.1. The maximum absolute atomic E-state index is 12.5. The lowest BCUT2D eigenvalue weighted by atomic mass is 10.1. The Balaban J connectivity index is 1.34. The quantitative estimate of drug-likeness (QED) is 0.595. The average Bonchev–Trinajstić information content (AvgIpc) is 3.27. The van der Waals surface area contributed by atoms with Crippen LogP contribution in [-0.2, 0) is 24.3 Å². The number of ether oxygens (including phenoxy) is 2. The first kappa shape index (κ1) is 20.6. The zero-order valence-electron chi connectivity index (χ0n) is 17.6. The van der Waals surface area contributed by atoms with Gasteiger partial charge >= 0.3 is 0 Å². The summed E-state index contributed by atoms with van der Waals surface area (Å²) in [5, 5.41) is 4.02. The molecule has 1 amide bonds. The zero-order valence-corrected chi connectivity index (χ0v) is 18.4. The monoisotopic (exact) mass is 425 g/mol. The van der Waals surface area contributed by atoms with E-state index >= 15 is 0 Å². The van der Waals surface area contributed by atoms with E-state index in [1.807, 2.05) is 49.2 Å². The van der Waals surface area contributed by atoms with Gasteiger partial charge in [0.15, 0.2) is 0 Å². The normalized spacial score (nSPS) is 15.3. The molecule has 6 nitrogen and oxygen atoms in total. The van der Waals surface area contributed by atoms with Gasteiger partial charge in [-0.2, -0.15) is 0 Å². The maximum Gasteiger partial charge on any atom is 0.234 e. The van der Waals surface area contributed by atoms with Crippen molar-refractivity contribution in [1.29, 1.82) is 0 Å². The van der Waals surface area contributed by atoms with Crippen LogP contribution < -0.4 is 14.8 Å². The van der Waals surface area contributed by atoms with E-state index in [-0.39, 0.29) is 12.0 Å². The van der Waals surface area contributed by atoms with E-state index in [0.717, 1.165) is 39.6 Å². The largest absolute Gasteiger partial charge is 0.494 e. The first-order valence-corrected chi connectivity index (χ1v) is 11.1. The molecule has 1 aliphatic heterocycles. The molecule has 0 saturated heterocycles. The molecular weight excluding hydrogens is 398 g/mol. The van der Waals surface area contributed by atoms with Gasteiger partial charge < -0.3 is 14.8 Å². The number of rotatable bonds is 8. The van der Waals surface area contributed by atoms with Gasteiger partial charge in [-0.3, -0.25) is 9.69 Å². The predicted octanol–water partition coefficient (Wildman–Crippen LogP) is 3.77. The number of benzene rings is 2. The molecule has 2 heterocycles. The Kier molecular flexibility index (Phi) is 6.20. The molecule has 158 valence electrons. The number of hydrogen-bond donors (Lipinski definition) is 1. The smallest absolute Gasteiger partial charge is 0.234 e. The number of carbonyl (C=O) groups is 1. The topological polar surface area (TPSA) is 63.7 Å². The second-order valence-electron chi connectivity index (χ2n) is 7.66. The number of carbonyl (C=O) groups excluding carboxylic acids is 1. The van der Waals surface area contributed by atoms with Gasteiger partial charge in [-0.05, 0) is 45.2 Å². The second-order valence-corrected chi connectivity index (χ2v) is 8.77. The Morgan fingerprint density at radius 1 is 1.37 bits per heavy atom. The summed E-state index contributed by atoms with van der Waals surface area (Å²) in [5.41, 5.74) is 3.11. The van der Waals surface area contributed by atoms with E-state index in [9.17, 15) is 4.79 Å². The summed E-state index contributed by atoms with van der Waals surface area (Å²) >= 11 is 1.67. The minimum Gasteiger partial charge on any atom is -0.494 e. The van der Waals surface area contributed by atoms with Crippen LogP contribution in [0.1, 0.15) is 30.0 Å². The summed E-state index contributed by atoms with van der Waals surface area (Å²) in [6.07, 6.45) is 1.06. The van der Waals surface area contributed by atoms with Crippen molar-refractivity contribution in [3.05, 3.63) is 52.5 Å². The minimum absolute atomic E-state index is 0.0316. The molecular formula is C23H27N3O3S. The predicted molar refractivity (Wildman–Crippen MR) is 119 cm³/mol. The van der Waals surface area contributed by atoms with Gasteiger partial charge in [0.25, 0.3) is 0 Å². The molecule has 0 spiro atoms. The number of para-hydroxylation sites is 1. The number of aromatic nitrogens is 1. The minimum atomic E-state index is -0.0316. The first-order valence-electron chi connectivity index (χ1n) is 10.3. The van der Waals surface area contributed by atoms with Crippen LogP contribution in [-0.4, -0.2) is 42.1 Å². The van der Waals surface area contributed by atoms with Crippen LogP contribution in [0, 0.1) is 0 Å². The number of likely N-dealkylation sites (N-methyl/N-ethyl adjacent to an activating group) is 1. The number of hydrogen-bond acceptors (Lipinski definition) is 6. The van der Waals surface area contributed by atoms with Crippen molar-refractivity contribution in [3.63, 3.8) is 0 Å².